The molecule has 1 heterocycles. The Hall–Kier alpha value is -3.37. The van der Waals surface area contributed by atoms with Crippen LogP contribution >= 0.6 is 0 Å². The SMILES string of the molecule is CN1C(=O)[C@H](NC(=O)Cc2ccc(C(F)(F)F)cc2C(F)(F)F)N=C(C2CC2)c2ccccc21. The Morgan fingerprint density at radius 1 is 1.06 bits per heavy atom. The molecular formula is C23H19F6N3O2. The van der Waals surface area contributed by atoms with Gasteiger partial charge in [-0.1, -0.05) is 24.3 Å². The van der Waals surface area contributed by atoms with E-state index in [2.05, 4.69) is 10.3 Å². The molecular weight excluding hydrogens is 464 g/mol. The summed E-state index contributed by atoms with van der Waals surface area (Å²) in [5, 5.41) is 2.35. The summed E-state index contributed by atoms with van der Waals surface area (Å²) in [5.74, 6) is -1.45. The lowest BCUT2D eigenvalue weighted by Gasteiger charge is -2.21. The highest BCUT2D eigenvalue weighted by Crippen LogP contribution is 2.39. The van der Waals surface area contributed by atoms with Crippen LogP contribution in [0.4, 0.5) is 32.0 Å². The molecule has 2 amide bonds. The zero-order valence-corrected chi connectivity index (χ0v) is 17.8. The molecule has 1 aliphatic carbocycles. The summed E-state index contributed by atoms with van der Waals surface area (Å²) in [4.78, 5) is 31.3. The van der Waals surface area contributed by atoms with Crippen molar-refractivity contribution < 1.29 is 35.9 Å². The lowest BCUT2D eigenvalue weighted by Crippen LogP contribution is -2.46. The van der Waals surface area contributed by atoms with Crippen molar-refractivity contribution in [1.29, 1.82) is 0 Å². The molecule has 0 aromatic heterocycles. The van der Waals surface area contributed by atoms with Gasteiger partial charge in [0.1, 0.15) is 0 Å². The summed E-state index contributed by atoms with van der Waals surface area (Å²) < 4.78 is 78.9. The van der Waals surface area contributed by atoms with Crippen LogP contribution in [0.3, 0.4) is 0 Å². The zero-order valence-electron chi connectivity index (χ0n) is 17.8. The third-order valence-corrected chi connectivity index (χ3v) is 5.73. The number of carbonyl (C=O) groups excluding carboxylic acids is 2. The van der Waals surface area contributed by atoms with Crippen molar-refractivity contribution in [3.05, 3.63) is 64.7 Å². The molecule has 2 aliphatic rings. The quantitative estimate of drug-likeness (QED) is 0.647. The van der Waals surface area contributed by atoms with E-state index in [1.165, 1.54) is 11.9 Å². The van der Waals surface area contributed by atoms with Crippen LogP contribution in [0.5, 0.6) is 0 Å². The molecule has 1 fully saturated rings. The van der Waals surface area contributed by atoms with E-state index in [4.69, 9.17) is 0 Å². The van der Waals surface area contributed by atoms with Crippen LogP contribution in [0, 0.1) is 5.92 Å². The number of anilines is 1. The third kappa shape index (κ3) is 4.78. The van der Waals surface area contributed by atoms with Crippen molar-refractivity contribution in [1.82, 2.24) is 5.32 Å². The predicted octanol–water partition coefficient (Wildman–Crippen LogP) is 4.58. The average Bonchev–Trinajstić information content (AvgIpc) is 3.59. The van der Waals surface area contributed by atoms with Gasteiger partial charge in [0.05, 0.1) is 28.9 Å². The number of para-hydroxylation sites is 1. The van der Waals surface area contributed by atoms with Crippen LogP contribution in [0.25, 0.3) is 0 Å². The Morgan fingerprint density at radius 3 is 2.35 bits per heavy atom. The first-order chi connectivity index (χ1) is 15.9. The van der Waals surface area contributed by atoms with Gasteiger partial charge in [-0.25, -0.2) is 0 Å². The largest absolute Gasteiger partial charge is 0.416 e. The van der Waals surface area contributed by atoms with E-state index in [9.17, 15) is 35.9 Å². The molecule has 180 valence electrons. The molecule has 1 atom stereocenters. The summed E-state index contributed by atoms with van der Waals surface area (Å²) in [6.45, 7) is 0. The first kappa shape index (κ1) is 23.8. The molecule has 0 bridgehead atoms. The number of rotatable bonds is 4. The van der Waals surface area contributed by atoms with Crippen molar-refractivity contribution in [2.45, 2.75) is 37.8 Å². The van der Waals surface area contributed by atoms with Gasteiger partial charge in [-0.3, -0.25) is 14.6 Å². The number of carbonyl (C=O) groups is 2. The van der Waals surface area contributed by atoms with Crippen molar-refractivity contribution in [3.63, 3.8) is 0 Å². The average molecular weight is 483 g/mol. The van der Waals surface area contributed by atoms with Crippen LogP contribution in [0.2, 0.25) is 0 Å². The molecule has 0 radical (unpaired) electrons. The lowest BCUT2D eigenvalue weighted by atomic mass is 10.00. The number of hydrogen-bond donors (Lipinski definition) is 1. The monoisotopic (exact) mass is 483 g/mol. The number of aliphatic imine (C=N–C) groups is 1. The number of amides is 2. The first-order valence-corrected chi connectivity index (χ1v) is 10.4. The number of hydrogen-bond acceptors (Lipinski definition) is 3. The van der Waals surface area contributed by atoms with E-state index in [1.54, 1.807) is 24.3 Å². The van der Waals surface area contributed by atoms with Crippen LogP contribution in [0.1, 0.15) is 35.1 Å². The van der Waals surface area contributed by atoms with Gasteiger partial charge < -0.3 is 10.2 Å². The topological polar surface area (TPSA) is 61.8 Å². The Labute approximate surface area is 190 Å². The van der Waals surface area contributed by atoms with Gasteiger partial charge in [0.15, 0.2) is 0 Å². The molecule has 0 spiro atoms. The fourth-order valence-electron chi connectivity index (χ4n) is 3.87. The van der Waals surface area contributed by atoms with Gasteiger partial charge in [-0.05, 0) is 36.6 Å². The van der Waals surface area contributed by atoms with Crippen LogP contribution < -0.4 is 10.2 Å². The van der Waals surface area contributed by atoms with Crippen molar-refractivity contribution >= 4 is 23.2 Å². The van der Waals surface area contributed by atoms with Gasteiger partial charge >= 0.3 is 12.4 Å². The molecule has 5 nitrogen and oxygen atoms in total. The summed E-state index contributed by atoms with van der Waals surface area (Å²) in [5.41, 5.74) is -1.71. The number of nitrogens with zero attached hydrogens (tertiary/aromatic N) is 2. The van der Waals surface area contributed by atoms with Crippen LogP contribution in [-0.4, -0.2) is 30.7 Å². The normalized spacial score (nSPS) is 18.8. The smallest absolute Gasteiger partial charge is 0.326 e. The van der Waals surface area contributed by atoms with E-state index in [0.717, 1.165) is 18.4 Å². The summed E-state index contributed by atoms with van der Waals surface area (Å²) in [6.07, 6.45) is -10.6. The second-order valence-corrected chi connectivity index (χ2v) is 8.22. The molecule has 2 aromatic carbocycles. The standard InChI is InChI=1S/C23H19F6N3O2/c1-32-17-5-3-2-4-15(17)19(12-6-7-12)31-20(21(32)34)30-18(33)10-13-8-9-14(22(24,25)26)11-16(13)23(27,28)29/h2-5,8-9,11-12,20H,6-7,10H2,1H3,(H,30,33)/t20-/m1/s1. The fraction of sp³-hybridized carbons (Fsp3) is 0.348. The highest BCUT2D eigenvalue weighted by Gasteiger charge is 2.39. The lowest BCUT2D eigenvalue weighted by molar-refractivity contribution is -0.143. The number of fused-ring (bicyclic) bond motifs is 1. The number of likely N-dealkylation sites (N-methyl/N-ethyl adjacent to an activating group) is 1. The van der Waals surface area contributed by atoms with Gasteiger partial charge in [0.2, 0.25) is 12.1 Å². The highest BCUT2D eigenvalue weighted by atomic mass is 19.4. The Morgan fingerprint density at radius 2 is 1.74 bits per heavy atom. The minimum absolute atomic E-state index is 0.0207. The molecule has 0 saturated heterocycles. The molecule has 11 heteroatoms. The van der Waals surface area contributed by atoms with Gasteiger partial charge in [-0.2, -0.15) is 26.3 Å². The Bertz CT molecular complexity index is 1170. The van der Waals surface area contributed by atoms with Gasteiger partial charge in [0, 0.05) is 18.5 Å². The van der Waals surface area contributed by atoms with Gasteiger partial charge in [-0.15, -0.1) is 0 Å². The number of nitrogens with one attached hydrogen (secondary N) is 1. The summed E-state index contributed by atoms with van der Waals surface area (Å²) in [6, 6.07) is 8.16. The Balaban J connectivity index is 1.61. The molecule has 1 saturated carbocycles. The second kappa shape index (κ2) is 8.44. The maximum atomic E-state index is 13.4. The molecule has 2 aromatic rings. The maximum Gasteiger partial charge on any atom is 0.416 e. The number of benzene rings is 2. The molecule has 1 N–H and O–H groups in total. The molecule has 1 aliphatic heterocycles. The van der Waals surface area contributed by atoms with Gasteiger partial charge in [0.25, 0.3) is 5.91 Å². The number of alkyl halides is 6. The molecule has 34 heavy (non-hydrogen) atoms. The first-order valence-electron chi connectivity index (χ1n) is 10.4. The third-order valence-electron chi connectivity index (χ3n) is 5.73. The van der Waals surface area contributed by atoms with Crippen LogP contribution in [-0.2, 0) is 28.4 Å². The van der Waals surface area contributed by atoms with Crippen molar-refractivity contribution in [3.8, 4) is 0 Å². The van der Waals surface area contributed by atoms with Crippen LogP contribution in [0.15, 0.2) is 47.5 Å². The van der Waals surface area contributed by atoms with E-state index in [0.29, 0.717) is 23.5 Å². The zero-order chi connectivity index (χ0) is 24.8. The minimum Gasteiger partial charge on any atom is -0.326 e. The van der Waals surface area contributed by atoms with E-state index >= 15 is 0 Å². The highest BCUT2D eigenvalue weighted by molar-refractivity contribution is 6.14. The van der Waals surface area contributed by atoms with E-state index < -0.39 is 53.4 Å². The summed E-state index contributed by atoms with van der Waals surface area (Å²) >= 11 is 0. The van der Waals surface area contributed by atoms with Crippen molar-refractivity contribution in [2.24, 2.45) is 10.9 Å². The minimum atomic E-state index is -5.10. The summed E-state index contributed by atoms with van der Waals surface area (Å²) in [7, 11) is 1.50. The number of halogens is 6. The predicted molar refractivity (Wildman–Crippen MR) is 111 cm³/mol. The van der Waals surface area contributed by atoms with Crippen molar-refractivity contribution in [2.75, 3.05) is 11.9 Å². The van der Waals surface area contributed by atoms with E-state index in [-0.39, 0.29) is 12.0 Å². The molecule has 0 unspecified atom stereocenters. The van der Waals surface area contributed by atoms with E-state index in [1.807, 2.05) is 0 Å². The Kier molecular flexibility index (Phi) is 5.91. The maximum absolute atomic E-state index is 13.4. The molecule has 4 rings (SSSR count). The number of benzodiazepines with no additional fused rings is 1. The second-order valence-electron chi connectivity index (χ2n) is 8.22. The fourth-order valence-corrected chi connectivity index (χ4v) is 3.87.